The maximum atomic E-state index is 14.3. The summed E-state index contributed by atoms with van der Waals surface area (Å²) < 4.78 is 43.2. The van der Waals surface area contributed by atoms with Crippen molar-refractivity contribution in [2.75, 3.05) is 5.75 Å². The van der Waals surface area contributed by atoms with Gasteiger partial charge >= 0.3 is 0 Å². The van der Waals surface area contributed by atoms with Crippen LogP contribution in [0.2, 0.25) is 0 Å². The molecule has 10 aliphatic rings. The summed E-state index contributed by atoms with van der Waals surface area (Å²) in [6.07, 6.45) is 9.54. The van der Waals surface area contributed by atoms with Gasteiger partial charge in [-0.25, -0.2) is 28.0 Å². The highest BCUT2D eigenvalue weighted by molar-refractivity contribution is 7.91. The van der Waals surface area contributed by atoms with Gasteiger partial charge in [0, 0.05) is 0 Å². The third-order valence-electron chi connectivity index (χ3n) is 16.8. The molecule has 6 saturated heterocycles. The Bertz CT molecular complexity index is 1520. The largest absolute Gasteiger partial charge is 0.392 e. The van der Waals surface area contributed by atoms with E-state index in [1.165, 1.54) is 12.8 Å². The highest BCUT2D eigenvalue weighted by Crippen LogP contribution is 2.63. The maximum absolute atomic E-state index is 14.3. The van der Waals surface area contributed by atoms with E-state index < -0.39 is 21.0 Å². The van der Waals surface area contributed by atoms with Gasteiger partial charge in [0.25, 0.3) is 0 Å². The molecule has 0 amide bonds. The third kappa shape index (κ3) is 5.88. The lowest BCUT2D eigenvalue weighted by Gasteiger charge is -2.61. The highest BCUT2D eigenvalue weighted by Gasteiger charge is 2.69. The van der Waals surface area contributed by atoms with Crippen molar-refractivity contribution in [2.45, 2.75) is 165 Å². The van der Waals surface area contributed by atoms with E-state index in [1.807, 2.05) is 0 Å². The van der Waals surface area contributed by atoms with Crippen LogP contribution in [-0.2, 0) is 45.5 Å². The SMILES string of the molecule is C[C@H]1[C@@H](CC(C[C@H]2O[C@@H]3C[C@@H](C)[C@@H]4C[C@H]5[C@H](C)CC[C@@H]([C@H]2C)[C@@]35OO4)CS(=O)(=O)c2ccc(CO)cc2)O[C@@H]2C[C@@H](C)[C@@H]3C[C@H]4[C@H](C)CC[C@@H]1[C@@]24OO3. The minimum atomic E-state index is -3.65. The summed E-state index contributed by atoms with van der Waals surface area (Å²) in [5.41, 5.74) is -0.174. The predicted molar refractivity (Wildman–Crippen MR) is 198 cm³/mol. The summed E-state index contributed by atoms with van der Waals surface area (Å²) in [7, 11) is -3.65. The number of hydrogen-bond donors (Lipinski definition) is 1. The molecule has 6 aliphatic heterocycles. The number of benzene rings is 1. The Labute approximate surface area is 317 Å². The quantitative estimate of drug-likeness (QED) is 0.270. The second kappa shape index (κ2) is 13.8. The molecule has 2 spiro atoms. The van der Waals surface area contributed by atoms with Crippen molar-refractivity contribution < 1.29 is 42.5 Å². The van der Waals surface area contributed by atoms with Gasteiger partial charge in [-0.05, 0) is 147 Å². The van der Waals surface area contributed by atoms with E-state index >= 15 is 0 Å². The van der Waals surface area contributed by atoms with E-state index in [1.54, 1.807) is 24.3 Å². The van der Waals surface area contributed by atoms with E-state index in [2.05, 4.69) is 41.5 Å². The summed E-state index contributed by atoms with van der Waals surface area (Å²) in [6.45, 7) is 13.8. The van der Waals surface area contributed by atoms with E-state index in [0.717, 1.165) is 38.5 Å². The fraction of sp³-hybridized carbons (Fsp3) is 0.860. The minimum absolute atomic E-state index is 0.0288. The zero-order valence-electron chi connectivity index (χ0n) is 32.7. The second-order valence-corrected chi connectivity index (χ2v) is 21.6. The van der Waals surface area contributed by atoms with Gasteiger partial charge in [-0.15, -0.1) is 0 Å². The van der Waals surface area contributed by atoms with Crippen LogP contribution in [0.1, 0.15) is 111 Å². The van der Waals surface area contributed by atoms with Crippen molar-refractivity contribution in [3.63, 3.8) is 0 Å². The molecule has 0 aromatic heterocycles. The van der Waals surface area contributed by atoms with Crippen LogP contribution >= 0.6 is 0 Å². The van der Waals surface area contributed by atoms with Crippen LogP contribution < -0.4 is 0 Å². The third-order valence-corrected chi connectivity index (χ3v) is 18.7. The number of rotatable bonds is 8. The van der Waals surface area contributed by atoms with Crippen molar-refractivity contribution in [3.05, 3.63) is 29.8 Å². The number of aliphatic hydroxyl groups is 1. The first-order chi connectivity index (χ1) is 25.4. The zero-order valence-corrected chi connectivity index (χ0v) is 33.5. The van der Waals surface area contributed by atoms with E-state index in [9.17, 15) is 13.5 Å². The van der Waals surface area contributed by atoms with Gasteiger partial charge in [0.1, 0.15) is 11.2 Å². The highest BCUT2D eigenvalue weighted by atomic mass is 32.2. The van der Waals surface area contributed by atoms with Crippen LogP contribution in [0.3, 0.4) is 0 Å². The van der Waals surface area contributed by atoms with Crippen molar-refractivity contribution in [2.24, 2.45) is 65.1 Å². The maximum Gasteiger partial charge on any atom is 0.178 e. The Hall–Kier alpha value is -1.11. The topological polar surface area (TPSA) is 110 Å². The van der Waals surface area contributed by atoms with E-state index in [-0.39, 0.29) is 66.7 Å². The van der Waals surface area contributed by atoms with Gasteiger partial charge in [-0.3, -0.25) is 0 Å². The standard InChI is InChI=1S/C43H64O9S/c1-23-7-13-32-27(5)38(47-40-15-25(3)36-19-34(23)42(32,40)51-49-36)17-30(22-53(45,46)31-11-9-29(21-44)10-12-31)18-39-28(6)33-14-8-24(2)35-20-37-26(4)16-41(48-39)43(33,35)52-50-37/h9-12,23-28,30,32-41,44H,7-8,13-22H2,1-6H3/t23-,24-,25-,26-,27-,28-,32+,33+,34+,35+,36+,37+,38-,39-,40-,41-,42+,43+/m1/s1. The predicted octanol–water partition coefficient (Wildman–Crippen LogP) is 7.48. The molecule has 4 saturated carbocycles. The Kier molecular flexibility index (Phi) is 9.74. The molecular weight excluding hydrogens is 693 g/mol. The smallest absolute Gasteiger partial charge is 0.178 e. The van der Waals surface area contributed by atoms with Crippen LogP contribution in [0.25, 0.3) is 0 Å². The van der Waals surface area contributed by atoms with Gasteiger partial charge in [0.15, 0.2) is 9.84 Å². The molecule has 1 aromatic carbocycles. The fourth-order valence-electron chi connectivity index (χ4n) is 13.7. The van der Waals surface area contributed by atoms with Gasteiger partial charge < -0.3 is 14.6 Å². The normalized spacial score (nSPS) is 50.8. The Morgan fingerprint density at radius 3 is 1.58 bits per heavy atom. The van der Waals surface area contributed by atoms with Crippen molar-refractivity contribution >= 4 is 9.84 Å². The summed E-state index contributed by atoms with van der Waals surface area (Å²) in [6, 6.07) is 6.74. The molecule has 10 fully saturated rings. The molecule has 9 nitrogen and oxygen atoms in total. The molecule has 10 heteroatoms. The van der Waals surface area contributed by atoms with Crippen LogP contribution in [0, 0.1) is 65.1 Å². The molecule has 4 bridgehead atoms. The molecule has 296 valence electrons. The van der Waals surface area contributed by atoms with Crippen molar-refractivity contribution in [1.29, 1.82) is 0 Å². The van der Waals surface area contributed by atoms with Gasteiger partial charge in [-0.2, -0.15) is 0 Å². The molecule has 1 aromatic rings. The molecule has 4 aliphatic carbocycles. The number of aliphatic hydroxyl groups excluding tert-OH is 1. The van der Waals surface area contributed by atoms with E-state index in [4.69, 9.17) is 29.0 Å². The summed E-state index contributed by atoms with van der Waals surface area (Å²) in [5.74, 6) is 3.43. The zero-order chi connectivity index (χ0) is 37.0. The molecule has 11 rings (SSSR count). The average molecular weight is 757 g/mol. The summed E-state index contributed by atoms with van der Waals surface area (Å²) >= 11 is 0. The number of hydrogen-bond acceptors (Lipinski definition) is 9. The first kappa shape index (κ1) is 37.5. The Morgan fingerprint density at radius 1 is 0.660 bits per heavy atom. The lowest BCUT2D eigenvalue weighted by Crippen LogP contribution is -2.68. The summed E-state index contributed by atoms with van der Waals surface area (Å²) in [5, 5.41) is 9.64. The number of sulfone groups is 1. The second-order valence-electron chi connectivity index (χ2n) is 19.5. The van der Waals surface area contributed by atoms with Crippen LogP contribution in [0.4, 0.5) is 0 Å². The number of fused-ring (bicyclic) bond motifs is 4. The summed E-state index contributed by atoms with van der Waals surface area (Å²) in [4.78, 5) is 25.8. The Balaban J connectivity index is 1.03. The fourth-order valence-corrected chi connectivity index (χ4v) is 15.3. The molecule has 18 atom stereocenters. The molecule has 6 heterocycles. The molecule has 0 unspecified atom stereocenters. The van der Waals surface area contributed by atoms with Gasteiger partial charge in [0.2, 0.25) is 0 Å². The first-order valence-corrected chi connectivity index (χ1v) is 22.9. The van der Waals surface area contributed by atoms with Gasteiger partial charge in [0.05, 0.1) is 53.9 Å². The van der Waals surface area contributed by atoms with Crippen LogP contribution in [0.5, 0.6) is 0 Å². The lowest BCUT2D eigenvalue weighted by atomic mass is 9.55. The average Bonchev–Trinajstić information content (AvgIpc) is 3.48. The monoisotopic (exact) mass is 756 g/mol. The molecule has 53 heavy (non-hydrogen) atoms. The van der Waals surface area contributed by atoms with E-state index in [0.29, 0.717) is 70.6 Å². The minimum Gasteiger partial charge on any atom is -0.392 e. The Morgan fingerprint density at radius 2 is 1.13 bits per heavy atom. The van der Waals surface area contributed by atoms with Crippen LogP contribution in [-0.4, -0.2) is 67.1 Å². The number of ether oxygens (including phenoxy) is 2. The first-order valence-electron chi connectivity index (χ1n) is 21.3. The molecule has 1 N–H and O–H groups in total. The molecular formula is C43H64O9S. The lowest BCUT2D eigenvalue weighted by molar-refractivity contribution is -0.466. The van der Waals surface area contributed by atoms with Crippen molar-refractivity contribution in [3.8, 4) is 0 Å². The van der Waals surface area contributed by atoms with Gasteiger partial charge in [-0.1, -0.05) is 53.7 Å². The van der Waals surface area contributed by atoms with Crippen molar-refractivity contribution in [1.82, 2.24) is 0 Å². The molecule has 0 radical (unpaired) electrons. The van der Waals surface area contributed by atoms with Crippen LogP contribution in [0.15, 0.2) is 29.2 Å².